The van der Waals surface area contributed by atoms with Crippen molar-refractivity contribution < 1.29 is 9.90 Å². The van der Waals surface area contributed by atoms with Crippen molar-refractivity contribution in [2.24, 2.45) is 0 Å². The van der Waals surface area contributed by atoms with E-state index >= 15 is 0 Å². The third-order valence-electron chi connectivity index (χ3n) is 3.84. The summed E-state index contributed by atoms with van der Waals surface area (Å²) in [7, 11) is 0. The average Bonchev–Trinajstić information content (AvgIpc) is 2.31. The summed E-state index contributed by atoms with van der Waals surface area (Å²) in [6.07, 6.45) is 7.69. The molecule has 0 radical (unpaired) electrons. The predicted molar refractivity (Wildman–Crippen MR) is 66.9 cm³/mol. The summed E-state index contributed by atoms with van der Waals surface area (Å²) in [6, 6.07) is 0.438. The molecule has 0 atom stereocenters. The van der Waals surface area contributed by atoms with Crippen LogP contribution < -0.4 is 5.32 Å². The molecule has 0 spiro atoms. The van der Waals surface area contributed by atoms with Gasteiger partial charge in [0.25, 0.3) is 0 Å². The van der Waals surface area contributed by atoms with Crippen LogP contribution in [0.15, 0.2) is 0 Å². The Kier molecular flexibility index (Phi) is 4.14. The number of aliphatic carboxylic acids is 1. The van der Waals surface area contributed by atoms with Crippen molar-refractivity contribution >= 4 is 17.7 Å². The molecule has 0 aromatic heterocycles. The summed E-state index contributed by atoms with van der Waals surface area (Å²) in [5.41, 5.74) is -0.618. The molecule has 0 aromatic rings. The summed E-state index contributed by atoms with van der Waals surface area (Å²) >= 11 is 1.87. The van der Waals surface area contributed by atoms with Gasteiger partial charge >= 0.3 is 5.97 Å². The van der Waals surface area contributed by atoms with Crippen molar-refractivity contribution in [1.82, 2.24) is 5.32 Å². The summed E-state index contributed by atoms with van der Waals surface area (Å²) < 4.78 is 0. The second-order valence-corrected chi connectivity index (χ2v) is 6.20. The quantitative estimate of drug-likeness (QED) is 0.798. The fourth-order valence-corrected chi connectivity index (χ4v) is 3.97. The Balaban J connectivity index is 1.98. The molecule has 1 saturated heterocycles. The van der Waals surface area contributed by atoms with E-state index in [4.69, 9.17) is 0 Å². The first-order chi connectivity index (χ1) is 7.73. The number of carboxylic acid groups (broad SMARTS) is 1. The van der Waals surface area contributed by atoms with Gasteiger partial charge in [0.15, 0.2) is 0 Å². The molecule has 2 N–H and O–H groups in total. The predicted octanol–water partition coefficient (Wildman–Crippen LogP) is 2.26. The molecule has 2 rings (SSSR count). The fraction of sp³-hybridized carbons (Fsp3) is 0.917. The molecule has 16 heavy (non-hydrogen) atoms. The third-order valence-corrected chi connectivity index (χ3v) is 4.83. The summed E-state index contributed by atoms with van der Waals surface area (Å²) in [5, 5.41) is 12.9. The molecule has 0 aromatic carbocycles. The standard InChI is InChI=1S/C12H21NO2S/c14-11(15)12(6-8-16-9-7-12)13-10-4-2-1-3-5-10/h10,13H,1-9H2,(H,14,15). The fourth-order valence-electron chi connectivity index (χ4n) is 2.78. The van der Waals surface area contributed by atoms with Crippen LogP contribution in [0.2, 0.25) is 0 Å². The second kappa shape index (κ2) is 5.41. The van der Waals surface area contributed by atoms with E-state index in [1.807, 2.05) is 11.8 Å². The van der Waals surface area contributed by atoms with Crippen LogP contribution in [0, 0.1) is 0 Å². The van der Waals surface area contributed by atoms with Gasteiger partial charge in [-0.25, -0.2) is 0 Å². The van der Waals surface area contributed by atoms with Crippen molar-refractivity contribution in [3.63, 3.8) is 0 Å². The Bertz CT molecular complexity index is 245. The van der Waals surface area contributed by atoms with Gasteiger partial charge in [-0.15, -0.1) is 0 Å². The van der Waals surface area contributed by atoms with Gasteiger partial charge in [-0.1, -0.05) is 19.3 Å². The Hall–Kier alpha value is -0.220. The zero-order valence-corrected chi connectivity index (χ0v) is 10.5. The molecule has 1 heterocycles. The molecule has 92 valence electrons. The van der Waals surface area contributed by atoms with Gasteiger partial charge in [-0.05, 0) is 37.2 Å². The highest BCUT2D eigenvalue weighted by Crippen LogP contribution is 2.30. The average molecular weight is 243 g/mol. The molecule has 1 aliphatic carbocycles. The summed E-state index contributed by atoms with van der Waals surface area (Å²) in [4.78, 5) is 11.5. The zero-order valence-electron chi connectivity index (χ0n) is 9.71. The van der Waals surface area contributed by atoms with Crippen molar-refractivity contribution in [2.75, 3.05) is 11.5 Å². The van der Waals surface area contributed by atoms with Gasteiger partial charge in [0.05, 0.1) is 0 Å². The zero-order chi connectivity index (χ0) is 11.4. The van der Waals surface area contributed by atoms with E-state index in [1.165, 1.54) is 19.3 Å². The molecule has 0 amide bonds. The van der Waals surface area contributed by atoms with Gasteiger partial charge in [0.2, 0.25) is 0 Å². The van der Waals surface area contributed by atoms with E-state index in [1.54, 1.807) is 0 Å². The van der Waals surface area contributed by atoms with Crippen LogP contribution >= 0.6 is 11.8 Å². The van der Waals surface area contributed by atoms with E-state index < -0.39 is 11.5 Å². The minimum Gasteiger partial charge on any atom is -0.480 e. The molecule has 1 saturated carbocycles. The maximum absolute atomic E-state index is 11.5. The number of carbonyl (C=O) groups is 1. The van der Waals surface area contributed by atoms with Crippen molar-refractivity contribution in [2.45, 2.75) is 56.5 Å². The Morgan fingerprint density at radius 2 is 1.81 bits per heavy atom. The topological polar surface area (TPSA) is 49.3 Å². The smallest absolute Gasteiger partial charge is 0.323 e. The van der Waals surface area contributed by atoms with Crippen LogP contribution in [0.5, 0.6) is 0 Å². The van der Waals surface area contributed by atoms with Gasteiger partial charge in [-0.2, -0.15) is 11.8 Å². The van der Waals surface area contributed by atoms with Crippen molar-refractivity contribution in [3.8, 4) is 0 Å². The lowest BCUT2D eigenvalue weighted by Crippen LogP contribution is -2.58. The lowest BCUT2D eigenvalue weighted by Gasteiger charge is -2.38. The molecule has 2 aliphatic rings. The van der Waals surface area contributed by atoms with Gasteiger partial charge in [-0.3, -0.25) is 10.1 Å². The van der Waals surface area contributed by atoms with Crippen LogP contribution in [0.25, 0.3) is 0 Å². The maximum atomic E-state index is 11.5. The first-order valence-corrected chi connectivity index (χ1v) is 7.47. The number of hydrogen-bond donors (Lipinski definition) is 2. The Labute approximate surface area is 101 Å². The highest BCUT2D eigenvalue weighted by molar-refractivity contribution is 7.99. The SMILES string of the molecule is O=C(O)C1(NC2CCCCC2)CCSCC1. The van der Waals surface area contributed by atoms with E-state index in [2.05, 4.69) is 5.32 Å². The Morgan fingerprint density at radius 1 is 1.19 bits per heavy atom. The highest BCUT2D eigenvalue weighted by Gasteiger charge is 2.41. The molecule has 2 fully saturated rings. The van der Waals surface area contributed by atoms with Crippen LogP contribution in [0.1, 0.15) is 44.9 Å². The van der Waals surface area contributed by atoms with E-state index in [0.717, 1.165) is 37.2 Å². The Morgan fingerprint density at radius 3 is 2.38 bits per heavy atom. The molecule has 3 nitrogen and oxygen atoms in total. The van der Waals surface area contributed by atoms with Gasteiger partial charge in [0, 0.05) is 6.04 Å². The third kappa shape index (κ3) is 2.72. The minimum absolute atomic E-state index is 0.438. The minimum atomic E-state index is -0.640. The molecule has 0 bridgehead atoms. The van der Waals surface area contributed by atoms with E-state index in [0.29, 0.717) is 6.04 Å². The van der Waals surface area contributed by atoms with Crippen LogP contribution in [-0.2, 0) is 4.79 Å². The number of thioether (sulfide) groups is 1. The summed E-state index contributed by atoms with van der Waals surface area (Å²) in [6.45, 7) is 0. The van der Waals surface area contributed by atoms with Crippen LogP contribution in [0.4, 0.5) is 0 Å². The van der Waals surface area contributed by atoms with Crippen molar-refractivity contribution in [3.05, 3.63) is 0 Å². The van der Waals surface area contributed by atoms with E-state index in [9.17, 15) is 9.90 Å². The molecular weight excluding hydrogens is 222 g/mol. The largest absolute Gasteiger partial charge is 0.480 e. The second-order valence-electron chi connectivity index (χ2n) is 4.98. The first kappa shape index (κ1) is 12.2. The number of nitrogens with one attached hydrogen (secondary N) is 1. The van der Waals surface area contributed by atoms with Gasteiger partial charge in [0.1, 0.15) is 5.54 Å². The van der Waals surface area contributed by atoms with Crippen LogP contribution in [-0.4, -0.2) is 34.2 Å². The molecular formula is C12H21NO2S. The number of carboxylic acids is 1. The lowest BCUT2D eigenvalue weighted by atomic mass is 9.87. The molecule has 0 unspecified atom stereocenters. The number of rotatable bonds is 3. The van der Waals surface area contributed by atoms with Gasteiger partial charge < -0.3 is 5.11 Å². The molecule has 4 heteroatoms. The number of hydrogen-bond acceptors (Lipinski definition) is 3. The maximum Gasteiger partial charge on any atom is 0.323 e. The first-order valence-electron chi connectivity index (χ1n) is 6.32. The monoisotopic (exact) mass is 243 g/mol. The lowest BCUT2D eigenvalue weighted by molar-refractivity contribution is -0.145. The van der Waals surface area contributed by atoms with Crippen LogP contribution in [0.3, 0.4) is 0 Å². The summed E-state index contributed by atoms with van der Waals surface area (Å²) in [5.74, 6) is 1.32. The molecule has 1 aliphatic heterocycles. The van der Waals surface area contributed by atoms with Crippen molar-refractivity contribution in [1.29, 1.82) is 0 Å². The van der Waals surface area contributed by atoms with E-state index in [-0.39, 0.29) is 0 Å². The highest BCUT2D eigenvalue weighted by atomic mass is 32.2. The normalized spacial score (nSPS) is 26.5.